The van der Waals surface area contributed by atoms with Gasteiger partial charge < -0.3 is 14.4 Å². The first-order valence-corrected chi connectivity index (χ1v) is 11.5. The summed E-state index contributed by atoms with van der Waals surface area (Å²) in [5.74, 6) is -0.119. The second-order valence-corrected chi connectivity index (χ2v) is 9.69. The van der Waals surface area contributed by atoms with E-state index in [1.165, 1.54) is 24.0 Å². The molecule has 162 valence electrons. The third-order valence-electron chi connectivity index (χ3n) is 6.14. The molecule has 30 heavy (non-hydrogen) atoms. The van der Waals surface area contributed by atoms with E-state index in [2.05, 4.69) is 0 Å². The molecule has 6 nitrogen and oxygen atoms in total. The van der Waals surface area contributed by atoms with Crippen LogP contribution < -0.4 is 4.90 Å². The van der Waals surface area contributed by atoms with Gasteiger partial charge in [-0.25, -0.2) is 8.42 Å². The standard InChI is InChI=1S/C23H29NO5S/c1-17(25)24(2)19-8-10-21(11-9-19)30(26,27)22-7-5-6-18(16-22)23(29-4)14-12-20(28-3)13-15-23/h5-11,16,20H,12-15H2,1-4H3/t20-,23+. The molecule has 2 aromatic carbocycles. The number of hydrogen-bond acceptors (Lipinski definition) is 5. The molecule has 1 amide bonds. The lowest BCUT2D eigenvalue weighted by Crippen LogP contribution is -2.36. The van der Waals surface area contributed by atoms with Gasteiger partial charge in [-0.1, -0.05) is 12.1 Å². The van der Waals surface area contributed by atoms with E-state index in [-0.39, 0.29) is 21.8 Å². The highest BCUT2D eigenvalue weighted by molar-refractivity contribution is 7.91. The van der Waals surface area contributed by atoms with Crippen LogP contribution in [0.15, 0.2) is 58.3 Å². The van der Waals surface area contributed by atoms with Gasteiger partial charge in [-0.2, -0.15) is 0 Å². The smallest absolute Gasteiger partial charge is 0.223 e. The number of rotatable bonds is 6. The summed E-state index contributed by atoms with van der Waals surface area (Å²) in [6.07, 6.45) is 3.50. The lowest BCUT2D eigenvalue weighted by molar-refractivity contribution is -0.116. The van der Waals surface area contributed by atoms with Gasteiger partial charge in [0.25, 0.3) is 0 Å². The molecule has 7 heteroatoms. The monoisotopic (exact) mass is 431 g/mol. The number of nitrogens with zero attached hydrogens (tertiary/aromatic N) is 1. The van der Waals surface area contributed by atoms with Gasteiger partial charge in [-0.05, 0) is 67.6 Å². The molecule has 1 aliphatic rings. The van der Waals surface area contributed by atoms with Gasteiger partial charge in [0.2, 0.25) is 15.7 Å². The maximum Gasteiger partial charge on any atom is 0.223 e. The second-order valence-electron chi connectivity index (χ2n) is 7.74. The predicted octanol–water partition coefficient (Wildman–Crippen LogP) is 3.93. The molecule has 0 heterocycles. The average Bonchev–Trinajstić information content (AvgIpc) is 2.78. The van der Waals surface area contributed by atoms with Crippen LogP contribution in [0.1, 0.15) is 38.2 Å². The maximum atomic E-state index is 13.2. The molecule has 0 unspecified atom stereocenters. The third-order valence-corrected chi connectivity index (χ3v) is 7.91. The van der Waals surface area contributed by atoms with Crippen molar-refractivity contribution < 1.29 is 22.7 Å². The van der Waals surface area contributed by atoms with Gasteiger partial charge >= 0.3 is 0 Å². The zero-order valence-corrected chi connectivity index (χ0v) is 18.7. The van der Waals surface area contributed by atoms with Crippen molar-refractivity contribution in [3.05, 3.63) is 54.1 Å². The van der Waals surface area contributed by atoms with E-state index in [1.54, 1.807) is 51.6 Å². The largest absolute Gasteiger partial charge is 0.381 e. The highest BCUT2D eigenvalue weighted by atomic mass is 32.2. The van der Waals surface area contributed by atoms with Gasteiger partial charge in [-0.15, -0.1) is 0 Å². The number of carbonyl (C=O) groups is 1. The number of anilines is 1. The molecule has 0 aliphatic heterocycles. The molecule has 0 saturated heterocycles. The van der Waals surface area contributed by atoms with Gasteiger partial charge in [0, 0.05) is 33.9 Å². The van der Waals surface area contributed by atoms with Crippen LogP contribution in [-0.2, 0) is 29.7 Å². The van der Waals surface area contributed by atoms with Crippen molar-refractivity contribution >= 4 is 21.4 Å². The van der Waals surface area contributed by atoms with E-state index < -0.39 is 15.4 Å². The van der Waals surface area contributed by atoms with Crippen molar-refractivity contribution in [1.82, 2.24) is 0 Å². The number of hydrogen-bond donors (Lipinski definition) is 0. The van der Waals surface area contributed by atoms with Crippen LogP contribution in [0.5, 0.6) is 0 Å². The maximum absolute atomic E-state index is 13.2. The highest BCUT2D eigenvalue weighted by Gasteiger charge is 2.37. The summed E-state index contributed by atoms with van der Waals surface area (Å²) in [5.41, 5.74) is 1.01. The molecule has 1 aliphatic carbocycles. The number of ether oxygens (including phenoxy) is 2. The highest BCUT2D eigenvalue weighted by Crippen LogP contribution is 2.41. The number of carbonyl (C=O) groups excluding carboxylic acids is 1. The lowest BCUT2D eigenvalue weighted by Gasteiger charge is -2.39. The normalized spacial score (nSPS) is 21.9. The molecule has 1 fully saturated rings. The van der Waals surface area contributed by atoms with E-state index >= 15 is 0 Å². The Morgan fingerprint density at radius 3 is 2.20 bits per heavy atom. The third kappa shape index (κ3) is 4.29. The Morgan fingerprint density at radius 2 is 1.67 bits per heavy atom. The van der Waals surface area contributed by atoms with Gasteiger partial charge in [0.15, 0.2) is 0 Å². The Morgan fingerprint density at radius 1 is 1.03 bits per heavy atom. The van der Waals surface area contributed by atoms with Crippen molar-refractivity contribution in [2.75, 3.05) is 26.2 Å². The van der Waals surface area contributed by atoms with Crippen LogP contribution in [0.25, 0.3) is 0 Å². The van der Waals surface area contributed by atoms with Crippen LogP contribution in [-0.4, -0.2) is 41.7 Å². The minimum Gasteiger partial charge on any atom is -0.381 e. The molecule has 0 radical (unpaired) electrons. The first-order valence-electron chi connectivity index (χ1n) is 10.0. The van der Waals surface area contributed by atoms with Gasteiger partial charge in [-0.3, -0.25) is 4.79 Å². The summed E-state index contributed by atoms with van der Waals surface area (Å²) in [5, 5.41) is 0. The molecule has 3 rings (SSSR count). The number of benzene rings is 2. The molecular weight excluding hydrogens is 402 g/mol. The molecule has 0 spiro atoms. The summed E-state index contributed by atoms with van der Waals surface area (Å²) >= 11 is 0. The van der Waals surface area contributed by atoms with E-state index in [4.69, 9.17) is 9.47 Å². The Kier molecular flexibility index (Phi) is 6.65. The Labute approximate surface area is 178 Å². The predicted molar refractivity (Wildman–Crippen MR) is 115 cm³/mol. The van der Waals surface area contributed by atoms with Gasteiger partial charge in [0.1, 0.15) is 0 Å². The molecule has 2 aromatic rings. The Balaban J connectivity index is 1.92. The fourth-order valence-corrected chi connectivity index (χ4v) is 5.32. The van der Waals surface area contributed by atoms with Crippen molar-refractivity contribution in [1.29, 1.82) is 0 Å². The fraction of sp³-hybridized carbons (Fsp3) is 0.435. The number of amides is 1. The molecule has 1 saturated carbocycles. The minimum atomic E-state index is -3.70. The van der Waals surface area contributed by atoms with Crippen LogP contribution >= 0.6 is 0 Å². The average molecular weight is 432 g/mol. The summed E-state index contributed by atoms with van der Waals surface area (Å²) in [6.45, 7) is 1.46. The van der Waals surface area contributed by atoms with Gasteiger partial charge in [0.05, 0.1) is 21.5 Å². The summed E-state index contributed by atoms with van der Waals surface area (Å²) < 4.78 is 37.8. The summed E-state index contributed by atoms with van der Waals surface area (Å²) in [7, 11) is 1.35. The SMILES string of the molecule is CO[C@H]1CC[C@](OC)(c2cccc(S(=O)(=O)c3ccc(N(C)C(C)=O)cc3)c2)CC1. The summed E-state index contributed by atoms with van der Waals surface area (Å²) in [6, 6.07) is 13.4. The van der Waals surface area contributed by atoms with Crippen LogP contribution in [0, 0.1) is 0 Å². The summed E-state index contributed by atoms with van der Waals surface area (Å²) in [4.78, 5) is 13.4. The van der Waals surface area contributed by atoms with E-state index in [0.717, 1.165) is 31.2 Å². The quantitative estimate of drug-likeness (QED) is 0.693. The number of sulfone groups is 1. The molecule has 0 aromatic heterocycles. The molecule has 0 atom stereocenters. The lowest BCUT2D eigenvalue weighted by atomic mass is 9.78. The topological polar surface area (TPSA) is 72.9 Å². The van der Waals surface area contributed by atoms with Crippen LogP contribution in [0.3, 0.4) is 0 Å². The van der Waals surface area contributed by atoms with E-state index in [1.807, 2.05) is 6.07 Å². The molecular formula is C23H29NO5S. The zero-order valence-electron chi connectivity index (χ0n) is 17.9. The second kappa shape index (κ2) is 8.88. The Hall–Kier alpha value is -2.22. The first kappa shape index (κ1) is 22.5. The fourth-order valence-electron chi connectivity index (χ4n) is 4.02. The zero-order chi connectivity index (χ0) is 21.9. The minimum absolute atomic E-state index is 0.119. The van der Waals surface area contributed by atoms with E-state index in [0.29, 0.717) is 5.69 Å². The van der Waals surface area contributed by atoms with Crippen molar-refractivity contribution in [2.24, 2.45) is 0 Å². The van der Waals surface area contributed by atoms with Crippen molar-refractivity contribution in [3.63, 3.8) is 0 Å². The van der Waals surface area contributed by atoms with E-state index in [9.17, 15) is 13.2 Å². The first-order chi connectivity index (χ1) is 14.2. The molecule has 0 bridgehead atoms. The van der Waals surface area contributed by atoms with Crippen LogP contribution in [0.2, 0.25) is 0 Å². The molecule has 0 N–H and O–H groups in total. The Bertz CT molecular complexity index is 993. The number of methoxy groups -OCH3 is 2. The van der Waals surface area contributed by atoms with Crippen molar-refractivity contribution in [2.45, 2.75) is 54.1 Å². The van der Waals surface area contributed by atoms with Crippen molar-refractivity contribution in [3.8, 4) is 0 Å². The van der Waals surface area contributed by atoms with Crippen LogP contribution in [0.4, 0.5) is 5.69 Å².